The highest BCUT2D eigenvalue weighted by atomic mass is 16.6. The van der Waals surface area contributed by atoms with Gasteiger partial charge in [0.15, 0.2) is 0 Å². The Hall–Kier alpha value is -1.58. The van der Waals surface area contributed by atoms with Crippen LogP contribution < -0.4 is 5.32 Å². The molecule has 9 nitrogen and oxygen atoms in total. The number of carbonyl (C=O) groups is 2. The van der Waals surface area contributed by atoms with E-state index in [-0.39, 0.29) is 75.5 Å². The lowest BCUT2D eigenvalue weighted by Crippen LogP contribution is -2.60. The molecule has 13 atom stereocenters. The van der Waals surface area contributed by atoms with Crippen LogP contribution in [0.2, 0.25) is 0 Å². The normalized spacial score (nSPS) is 48.4. The maximum absolute atomic E-state index is 12.9. The average molecular weight is 684 g/mol. The maximum atomic E-state index is 12.9. The number of hydrogen-bond acceptors (Lipinski definition) is 7. The standard InChI is InChI=1S/C40H65N3O6/c1-24(2)31(49-35(46)43-19-9-20-43)26-22-25(3)30-32(47-26)33(44)38(7)28-11-10-27-36(4,5)29(48-34(45)41-16-21-42-17-8-18-42)12-13-39(27)23-40(28,39)15-14-37(30,38)6/h24-33,44H,8-23H2,1-7H3,(H,41,45)/t25-,26?,27+,28?,29+,30+,31-,32?,33+,37?,38-,39?,40?/m1/s1. The minimum atomic E-state index is -0.546. The van der Waals surface area contributed by atoms with E-state index in [9.17, 15) is 14.7 Å². The number of likely N-dealkylation sites (tertiary alicyclic amines) is 2. The van der Waals surface area contributed by atoms with E-state index in [1.807, 2.05) is 0 Å². The fourth-order valence-electron chi connectivity index (χ4n) is 14.2. The third-order valence-electron chi connectivity index (χ3n) is 17.0. The number of rotatable bonds is 7. The summed E-state index contributed by atoms with van der Waals surface area (Å²) in [5.41, 5.74) is 0.174. The van der Waals surface area contributed by atoms with Crippen LogP contribution in [0.5, 0.6) is 0 Å². The van der Waals surface area contributed by atoms with Crippen molar-refractivity contribution in [3.8, 4) is 0 Å². The lowest BCUT2D eigenvalue weighted by Gasteiger charge is -2.63. The minimum Gasteiger partial charge on any atom is -0.446 e. The first kappa shape index (κ1) is 34.5. The summed E-state index contributed by atoms with van der Waals surface area (Å²) in [6, 6.07) is 0. The van der Waals surface area contributed by atoms with Crippen molar-refractivity contribution in [3.63, 3.8) is 0 Å². The van der Waals surface area contributed by atoms with Gasteiger partial charge < -0.3 is 34.4 Å². The van der Waals surface area contributed by atoms with E-state index in [1.165, 1.54) is 19.3 Å². The van der Waals surface area contributed by atoms with Crippen LogP contribution in [0.4, 0.5) is 9.59 Å². The van der Waals surface area contributed by atoms with Crippen LogP contribution in [0.1, 0.15) is 113 Å². The van der Waals surface area contributed by atoms with E-state index in [4.69, 9.17) is 14.2 Å². The van der Waals surface area contributed by atoms with Crippen molar-refractivity contribution in [2.75, 3.05) is 39.3 Å². The van der Waals surface area contributed by atoms with Crippen molar-refractivity contribution in [1.82, 2.24) is 15.1 Å². The Balaban J connectivity index is 0.992. The summed E-state index contributed by atoms with van der Waals surface area (Å²) in [5.74, 6) is 1.76. The zero-order valence-corrected chi connectivity index (χ0v) is 31.5. The van der Waals surface area contributed by atoms with Gasteiger partial charge in [-0.05, 0) is 123 Å². The Morgan fingerprint density at radius 1 is 0.959 bits per heavy atom. The fraction of sp³-hybridized carbons (Fsp3) is 0.950. The molecule has 49 heavy (non-hydrogen) atoms. The van der Waals surface area contributed by atoms with Gasteiger partial charge in [0.1, 0.15) is 12.2 Å². The van der Waals surface area contributed by atoms with Gasteiger partial charge in [-0.25, -0.2) is 9.59 Å². The van der Waals surface area contributed by atoms with Crippen molar-refractivity contribution in [2.24, 2.45) is 56.7 Å². The molecule has 9 heteroatoms. The molecule has 8 rings (SSSR count). The van der Waals surface area contributed by atoms with Gasteiger partial charge >= 0.3 is 12.2 Å². The second kappa shape index (κ2) is 11.7. The van der Waals surface area contributed by atoms with Gasteiger partial charge in [0.05, 0.1) is 18.3 Å². The largest absolute Gasteiger partial charge is 0.446 e. The van der Waals surface area contributed by atoms with Crippen molar-refractivity contribution < 1.29 is 28.9 Å². The molecule has 5 saturated carbocycles. The fourth-order valence-corrected chi connectivity index (χ4v) is 14.2. The first-order chi connectivity index (χ1) is 23.2. The molecule has 3 heterocycles. The average Bonchev–Trinajstić information content (AvgIpc) is 3.62. The number of ether oxygens (including phenoxy) is 3. The topological polar surface area (TPSA) is 101 Å². The van der Waals surface area contributed by atoms with Crippen LogP contribution in [0.3, 0.4) is 0 Å². The van der Waals surface area contributed by atoms with Crippen molar-refractivity contribution in [2.45, 2.75) is 143 Å². The van der Waals surface area contributed by atoms with Gasteiger partial charge in [-0.15, -0.1) is 0 Å². The lowest BCUT2D eigenvalue weighted by atomic mass is 9.41. The first-order valence-electron chi connectivity index (χ1n) is 20.2. The van der Waals surface area contributed by atoms with Crippen molar-refractivity contribution in [3.05, 3.63) is 0 Å². The molecule has 0 aromatic heterocycles. The summed E-state index contributed by atoms with van der Waals surface area (Å²) in [7, 11) is 0. The number of aliphatic hydroxyl groups is 1. The van der Waals surface area contributed by atoms with E-state index >= 15 is 0 Å². The zero-order chi connectivity index (χ0) is 34.7. The maximum Gasteiger partial charge on any atom is 0.410 e. The summed E-state index contributed by atoms with van der Waals surface area (Å²) in [6.07, 6.45) is 9.21. The molecule has 0 aromatic rings. The molecular weight excluding hydrogens is 618 g/mol. The number of carbonyl (C=O) groups excluding carboxylic acids is 2. The molecule has 0 radical (unpaired) electrons. The highest BCUT2D eigenvalue weighted by Gasteiger charge is 2.84. The molecular formula is C40H65N3O6. The van der Waals surface area contributed by atoms with Crippen LogP contribution in [-0.2, 0) is 14.2 Å². The van der Waals surface area contributed by atoms with Gasteiger partial charge in [0.2, 0.25) is 0 Å². The third kappa shape index (κ3) is 4.78. The van der Waals surface area contributed by atoms with Crippen molar-refractivity contribution >= 4 is 12.2 Å². The Bertz CT molecular complexity index is 1320. The number of hydrogen-bond donors (Lipinski definition) is 2. The molecule has 0 bridgehead atoms. The Morgan fingerprint density at radius 3 is 2.31 bits per heavy atom. The Morgan fingerprint density at radius 2 is 1.65 bits per heavy atom. The van der Waals surface area contributed by atoms with E-state index in [2.05, 4.69) is 58.7 Å². The Kier molecular flexibility index (Phi) is 8.25. The van der Waals surface area contributed by atoms with E-state index < -0.39 is 6.10 Å². The van der Waals surface area contributed by atoms with E-state index in [1.54, 1.807) is 4.90 Å². The molecule has 3 saturated heterocycles. The molecule has 5 aliphatic carbocycles. The summed E-state index contributed by atoms with van der Waals surface area (Å²) in [6.45, 7) is 21.7. The van der Waals surface area contributed by atoms with Gasteiger partial charge in [0.25, 0.3) is 0 Å². The molecule has 6 unspecified atom stereocenters. The van der Waals surface area contributed by atoms with Crippen LogP contribution >= 0.6 is 0 Å². The number of aliphatic hydroxyl groups excluding tert-OH is 1. The van der Waals surface area contributed by atoms with Crippen LogP contribution in [0, 0.1) is 56.7 Å². The van der Waals surface area contributed by atoms with Gasteiger partial charge in [-0.1, -0.05) is 48.5 Å². The molecule has 2 N–H and O–H groups in total. The van der Waals surface area contributed by atoms with Gasteiger partial charge in [-0.3, -0.25) is 0 Å². The predicted molar refractivity (Wildman–Crippen MR) is 187 cm³/mol. The molecule has 2 amide bonds. The van der Waals surface area contributed by atoms with Crippen molar-refractivity contribution in [1.29, 1.82) is 0 Å². The monoisotopic (exact) mass is 683 g/mol. The van der Waals surface area contributed by atoms with E-state index in [0.717, 1.165) is 77.7 Å². The highest BCUT2D eigenvalue weighted by molar-refractivity contribution is 5.68. The number of fused-ring (bicyclic) bond motifs is 4. The molecule has 8 fully saturated rings. The molecule has 8 aliphatic rings. The summed E-state index contributed by atoms with van der Waals surface area (Å²) in [5, 5.41) is 15.7. The second-order valence-electron chi connectivity index (χ2n) is 19.5. The number of amides is 2. The summed E-state index contributed by atoms with van der Waals surface area (Å²) in [4.78, 5) is 30.0. The minimum absolute atomic E-state index is 0.0143. The SMILES string of the molecule is CC(C)[C@@H](OC(=O)N1CCC1)C1C[C@@H](C)[C@H]2C(O1)[C@H](O)[C@@]1(C)C3CC[C@H]4C(C)(C)[C@@H](OC(=O)NCCN5CCC5)CCC45CC35CCC21C. The molecule has 276 valence electrons. The summed E-state index contributed by atoms with van der Waals surface area (Å²) < 4.78 is 19.4. The number of alkyl carbamates (subject to hydrolysis) is 1. The van der Waals surface area contributed by atoms with Crippen LogP contribution in [0.25, 0.3) is 0 Å². The predicted octanol–water partition coefficient (Wildman–Crippen LogP) is 6.47. The zero-order valence-electron chi connectivity index (χ0n) is 31.5. The van der Waals surface area contributed by atoms with Gasteiger partial charge in [0, 0.05) is 37.0 Å². The molecule has 0 aromatic carbocycles. The second-order valence-corrected chi connectivity index (χ2v) is 19.5. The lowest BCUT2D eigenvalue weighted by molar-refractivity contribution is -0.185. The highest BCUT2D eigenvalue weighted by Crippen LogP contribution is 2.89. The van der Waals surface area contributed by atoms with Gasteiger partial charge in [-0.2, -0.15) is 0 Å². The number of nitrogens with one attached hydrogen (secondary N) is 1. The quantitative estimate of drug-likeness (QED) is 0.318. The molecule has 2 spiro atoms. The molecule has 3 aliphatic heterocycles. The first-order valence-corrected chi connectivity index (χ1v) is 20.2. The summed E-state index contributed by atoms with van der Waals surface area (Å²) >= 11 is 0. The van der Waals surface area contributed by atoms with Crippen LogP contribution in [-0.4, -0.2) is 96.9 Å². The number of nitrogens with zero attached hydrogens (tertiary/aromatic N) is 2. The van der Waals surface area contributed by atoms with Crippen LogP contribution in [0.15, 0.2) is 0 Å². The smallest absolute Gasteiger partial charge is 0.410 e. The third-order valence-corrected chi connectivity index (χ3v) is 17.0. The van der Waals surface area contributed by atoms with E-state index in [0.29, 0.717) is 24.3 Å². The Labute approximate surface area is 294 Å².